The zero-order valence-corrected chi connectivity index (χ0v) is 14.8. The minimum absolute atomic E-state index is 0.348. The van der Waals surface area contributed by atoms with Crippen molar-refractivity contribution in [3.05, 3.63) is 35.9 Å². The Morgan fingerprint density at radius 2 is 1.79 bits per heavy atom. The van der Waals surface area contributed by atoms with E-state index in [1.165, 1.54) is 57.3 Å². The highest BCUT2D eigenvalue weighted by Gasteiger charge is 2.41. The Kier molecular flexibility index (Phi) is 4.62. The summed E-state index contributed by atoms with van der Waals surface area (Å²) in [7, 11) is 0. The molecule has 1 aromatic carbocycles. The van der Waals surface area contributed by atoms with Crippen LogP contribution in [0.4, 0.5) is 0 Å². The van der Waals surface area contributed by atoms with E-state index >= 15 is 0 Å². The third kappa shape index (κ3) is 3.51. The van der Waals surface area contributed by atoms with E-state index in [9.17, 15) is 4.79 Å². The molecule has 3 nitrogen and oxygen atoms in total. The summed E-state index contributed by atoms with van der Waals surface area (Å²) < 4.78 is 0. The van der Waals surface area contributed by atoms with Crippen LogP contribution in [-0.4, -0.2) is 41.9 Å². The molecule has 130 valence electrons. The predicted molar refractivity (Wildman–Crippen MR) is 96.5 cm³/mol. The number of hydrogen-bond acceptors (Lipinski definition) is 2. The van der Waals surface area contributed by atoms with Crippen LogP contribution in [0.5, 0.6) is 0 Å². The first kappa shape index (κ1) is 16.1. The number of likely N-dealkylation sites (tertiary alicyclic amines) is 2. The van der Waals surface area contributed by atoms with E-state index in [-0.39, 0.29) is 0 Å². The first-order chi connectivity index (χ1) is 11.7. The Hall–Kier alpha value is -1.35. The van der Waals surface area contributed by atoms with Gasteiger partial charge >= 0.3 is 0 Å². The highest BCUT2D eigenvalue weighted by molar-refractivity contribution is 5.77. The summed E-state index contributed by atoms with van der Waals surface area (Å²) in [5.41, 5.74) is 1.64. The van der Waals surface area contributed by atoms with E-state index in [1.54, 1.807) is 0 Å². The maximum Gasteiger partial charge on any atom is 0.222 e. The fourth-order valence-electron chi connectivity index (χ4n) is 4.71. The standard InChI is InChI=1S/C21H30N2O/c24-20-9-10-21(17-23(20)16-19-5-2-1-3-6-19)11-13-22(14-12-21)15-18-7-4-8-18/h1-3,5-6,18H,4,7-17H2. The summed E-state index contributed by atoms with van der Waals surface area (Å²) in [5, 5.41) is 0. The Labute approximate surface area is 146 Å². The summed E-state index contributed by atoms with van der Waals surface area (Å²) in [6, 6.07) is 10.4. The molecule has 3 fully saturated rings. The van der Waals surface area contributed by atoms with Crippen LogP contribution < -0.4 is 0 Å². The number of rotatable bonds is 4. The summed E-state index contributed by atoms with van der Waals surface area (Å²) in [6.45, 7) is 5.56. The number of benzene rings is 1. The minimum Gasteiger partial charge on any atom is -0.338 e. The highest BCUT2D eigenvalue weighted by atomic mass is 16.2. The number of hydrogen-bond donors (Lipinski definition) is 0. The molecule has 1 saturated carbocycles. The molecule has 2 heterocycles. The highest BCUT2D eigenvalue weighted by Crippen LogP contribution is 2.41. The molecule has 1 spiro atoms. The number of nitrogens with zero attached hydrogens (tertiary/aromatic N) is 2. The summed E-state index contributed by atoms with van der Waals surface area (Å²) >= 11 is 0. The van der Waals surface area contributed by atoms with Crippen LogP contribution in [0.2, 0.25) is 0 Å². The van der Waals surface area contributed by atoms with Crippen LogP contribution in [0, 0.1) is 11.3 Å². The second-order valence-electron chi connectivity index (χ2n) is 8.33. The molecule has 0 aromatic heterocycles. The molecule has 1 aliphatic carbocycles. The second-order valence-corrected chi connectivity index (χ2v) is 8.33. The van der Waals surface area contributed by atoms with Gasteiger partial charge in [-0.2, -0.15) is 0 Å². The van der Waals surface area contributed by atoms with Gasteiger partial charge in [-0.25, -0.2) is 0 Å². The van der Waals surface area contributed by atoms with Gasteiger partial charge in [0.25, 0.3) is 0 Å². The van der Waals surface area contributed by atoms with E-state index in [0.29, 0.717) is 11.3 Å². The molecule has 4 rings (SSSR count). The lowest BCUT2D eigenvalue weighted by atomic mass is 9.72. The Morgan fingerprint density at radius 3 is 2.46 bits per heavy atom. The van der Waals surface area contributed by atoms with Crippen molar-refractivity contribution < 1.29 is 4.79 Å². The quantitative estimate of drug-likeness (QED) is 0.842. The summed E-state index contributed by atoms with van der Waals surface area (Å²) in [5.74, 6) is 1.32. The molecular weight excluding hydrogens is 296 g/mol. The van der Waals surface area contributed by atoms with Gasteiger partial charge in [-0.3, -0.25) is 4.79 Å². The van der Waals surface area contributed by atoms with Gasteiger partial charge in [-0.15, -0.1) is 0 Å². The Morgan fingerprint density at radius 1 is 1.04 bits per heavy atom. The van der Waals surface area contributed by atoms with Crippen LogP contribution in [0.1, 0.15) is 50.5 Å². The molecule has 0 bridgehead atoms. The molecular formula is C21H30N2O. The Bertz CT molecular complexity index is 558. The van der Waals surface area contributed by atoms with E-state index < -0.39 is 0 Å². The first-order valence-electron chi connectivity index (χ1n) is 9.77. The fraction of sp³-hybridized carbons (Fsp3) is 0.667. The van der Waals surface area contributed by atoms with Crippen molar-refractivity contribution in [2.24, 2.45) is 11.3 Å². The number of amides is 1. The molecule has 3 heteroatoms. The average molecular weight is 326 g/mol. The molecule has 0 atom stereocenters. The number of carbonyl (C=O) groups is 1. The van der Waals surface area contributed by atoms with Crippen LogP contribution in [-0.2, 0) is 11.3 Å². The third-order valence-electron chi connectivity index (χ3n) is 6.62. The van der Waals surface area contributed by atoms with Crippen LogP contribution in [0.3, 0.4) is 0 Å². The van der Waals surface area contributed by atoms with Crippen molar-refractivity contribution in [3.63, 3.8) is 0 Å². The Balaban J connectivity index is 1.35. The SMILES string of the molecule is O=C1CCC2(CCN(CC3CCC3)CC2)CN1Cc1ccccc1. The van der Waals surface area contributed by atoms with E-state index in [0.717, 1.165) is 31.8 Å². The van der Waals surface area contributed by atoms with Gasteiger partial charge in [0.15, 0.2) is 0 Å². The van der Waals surface area contributed by atoms with E-state index in [4.69, 9.17) is 0 Å². The first-order valence-corrected chi connectivity index (χ1v) is 9.77. The van der Waals surface area contributed by atoms with Crippen molar-refractivity contribution in [1.82, 2.24) is 9.80 Å². The van der Waals surface area contributed by atoms with Crippen molar-refractivity contribution >= 4 is 5.91 Å². The van der Waals surface area contributed by atoms with Gasteiger partial charge in [0.1, 0.15) is 0 Å². The summed E-state index contributed by atoms with van der Waals surface area (Å²) in [4.78, 5) is 17.2. The second kappa shape index (κ2) is 6.87. The minimum atomic E-state index is 0.348. The van der Waals surface area contributed by atoms with Crippen molar-refractivity contribution in [2.75, 3.05) is 26.2 Å². The lowest BCUT2D eigenvalue weighted by Gasteiger charge is -2.48. The molecule has 0 unspecified atom stereocenters. The number of piperidine rings is 2. The largest absolute Gasteiger partial charge is 0.338 e. The fourth-order valence-corrected chi connectivity index (χ4v) is 4.71. The molecule has 1 aromatic rings. The third-order valence-corrected chi connectivity index (χ3v) is 6.62. The topological polar surface area (TPSA) is 23.6 Å². The lowest BCUT2D eigenvalue weighted by molar-refractivity contribution is -0.140. The van der Waals surface area contributed by atoms with Gasteiger partial charge in [0, 0.05) is 26.1 Å². The van der Waals surface area contributed by atoms with Gasteiger partial charge in [-0.1, -0.05) is 36.8 Å². The van der Waals surface area contributed by atoms with E-state index in [1.807, 2.05) is 6.07 Å². The molecule has 3 aliphatic rings. The molecule has 24 heavy (non-hydrogen) atoms. The van der Waals surface area contributed by atoms with Crippen LogP contribution >= 0.6 is 0 Å². The molecule has 0 N–H and O–H groups in total. The molecule has 2 saturated heterocycles. The molecule has 2 aliphatic heterocycles. The average Bonchev–Trinajstić information content (AvgIpc) is 2.57. The van der Waals surface area contributed by atoms with Gasteiger partial charge in [0.05, 0.1) is 0 Å². The summed E-state index contributed by atoms with van der Waals surface area (Å²) in [6.07, 6.45) is 8.74. The predicted octanol–water partition coefficient (Wildman–Crippen LogP) is 3.69. The van der Waals surface area contributed by atoms with Gasteiger partial charge in [-0.05, 0) is 62.1 Å². The zero-order chi connectivity index (χ0) is 16.4. The molecule has 0 radical (unpaired) electrons. The zero-order valence-electron chi connectivity index (χ0n) is 14.8. The van der Waals surface area contributed by atoms with Crippen LogP contribution in [0.15, 0.2) is 30.3 Å². The molecule has 1 amide bonds. The number of carbonyl (C=O) groups excluding carboxylic acids is 1. The van der Waals surface area contributed by atoms with Crippen molar-refractivity contribution in [2.45, 2.75) is 51.5 Å². The normalized spacial score (nSPS) is 25.0. The van der Waals surface area contributed by atoms with Gasteiger partial charge < -0.3 is 9.80 Å². The smallest absolute Gasteiger partial charge is 0.222 e. The van der Waals surface area contributed by atoms with Crippen molar-refractivity contribution in [1.29, 1.82) is 0 Å². The van der Waals surface area contributed by atoms with Gasteiger partial charge in [0.2, 0.25) is 5.91 Å². The monoisotopic (exact) mass is 326 g/mol. The van der Waals surface area contributed by atoms with E-state index in [2.05, 4.69) is 34.1 Å². The maximum atomic E-state index is 12.4. The van der Waals surface area contributed by atoms with Crippen molar-refractivity contribution in [3.8, 4) is 0 Å². The maximum absolute atomic E-state index is 12.4. The van der Waals surface area contributed by atoms with Crippen LogP contribution in [0.25, 0.3) is 0 Å². The lowest BCUT2D eigenvalue weighted by Crippen LogP contribution is -2.51.